The zero-order valence-electron chi connectivity index (χ0n) is 11.5. The van der Waals surface area contributed by atoms with Crippen LogP contribution in [0.25, 0.3) is 0 Å². The summed E-state index contributed by atoms with van der Waals surface area (Å²) in [6.45, 7) is 1.44. The minimum Gasteiger partial charge on any atom is -0.490 e. The predicted octanol–water partition coefficient (Wildman–Crippen LogP) is 0.602. The Kier molecular flexibility index (Phi) is 6.06. The molecule has 0 radical (unpaired) electrons. The van der Waals surface area contributed by atoms with Crippen molar-refractivity contribution in [1.82, 2.24) is 4.72 Å². The summed E-state index contributed by atoms with van der Waals surface area (Å²) in [7, 11) is -2.79. The lowest BCUT2D eigenvalue weighted by atomic mass is 10.3. The van der Waals surface area contributed by atoms with Crippen LogP contribution in [-0.4, -0.2) is 45.9 Å². The number of hydrogen-bond acceptors (Lipinski definition) is 5. The average Bonchev–Trinajstić information content (AvgIpc) is 2.40. The Morgan fingerprint density at radius 3 is 2.67 bits per heavy atom. The summed E-state index contributed by atoms with van der Waals surface area (Å²) >= 11 is 0. The second kappa shape index (κ2) is 7.34. The van der Waals surface area contributed by atoms with E-state index < -0.39 is 32.7 Å². The van der Waals surface area contributed by atoms with Gasteiger partial charge in [0.05, 0.1) is 6.61 Å². The standard InChI is InChI=1S/C12H16FNO6S/c1-8(12(15)16)14-21(17,18)11-7-9(13)3-4-10(11)20-6-5-19-2/h3-4,7-8,14H,5-6H2,1-2H3,(H,15,16)/t8-/m0/s1. The molecule has 2 N–H and O–H groups in total. The number of aliphatic carboxylic acids is 1. The van der Waals surface area contributed by atoms with Crippen LogP contribution < -0.4 is 9.46 Å². The molecule has 1 aromatic rings. The van der Waals surface area contributed by atoms with E-state index in [1.165, 1.54) is 7.11 Å². The Hall–Kier alpha value is -1.71. The van der Waals surface area contributed by atoms with Crippen LogP contribution in [0.1, 0.15) is 6.92 Å². The summed E-state index contributed by atoms with van der Waals surface area (Å²) in [5.41, 5.74) is 0. The number of hydrogen-bond donors (Lipinski definition) is 2. The molecule has 1 aromatic carbocycles. The van der Waals surface area contributed by atoms with Gasteiger partial charge in [-0.25, -0.2) is 12.8 Å². The second-order valence-corrected chi connectivity index (χ2v) is 5.80. The highest BCUT2D eigenvalue weighted by atomic mass is 32.2. The van der Waals surface area contributed by atoms with Crippen LogP contribution in [0.15, 0.2) is 23.1 Å². The summed E-state index contributed by atoms with van der Waals surface area (Å²) < 4.78 is 49.4. The molecule has 0 spiro atoms. The number of carboxylic acids is 1. The van der Waals surface area contributed by atoms with Gasteiger partial charge in [0.25, 0.3) is 0 Å². The fourth-order valence-corrected chi connectivity index (χ4v) is 2.75. The zero-order valence-corrected chi connectivity index (χ0v) is 12.3. The number of ether oxygens (including phenoxy) is 2. The Morgan fingerprint density at radius 2 is 2.10 bits per heavy atom. The fraction of sp³-hybridized carbons (Fsp3) is 0.417. The molecule has 0 bridgehead atoms. The number of carbonyl (C=O) groups is 1. The van der Waals surface area contributed by atoms with E-state index in [0.717, 1.165) is 25.1 Å². The van der Waals surface area contributed by atoms with Crippen molar-refractivity contribution < 1.29 is 32.2 Å². The second-order valence-electron chi connectivity index (χ2n) is 4.11. The first-order chi connectivity index (χ1) is 9.77. The van der Waals surface area contributed by atoms with Crippen LogP contribution >= 0.6 is 0 Å². The van der Waals surface area contributed by atoms with Crippen LogP contribution in [0.4, 0.5) is 4.39 Å². The number of benzene rings is 1. The molecule has 0 unspecified atom stereocenters. The maximum Gasteiger partial charge on any atom is 0.321 e. The molecule has 0 aliphatic heterocycles. The maximum atomic E-state index is 13.3. The Labute approximate surface area is 121 Å². The highest BCUT2D eigenvalue weighted by Gasteiger charge is 2.25. The van der Waals surface area contributed by atoms with E-state index in [-0.39, 0.29) is 19.0 Å². The van der Waals surface area contributed by atoms with Crippen molar-refractivity contribution in [3.05, 3.63) is 24.0 Å². The molecule has 0 heterocycles. The average molecular weight is 321 g/mol. The Bertz CT molecular complexity index is 604. The molecular formula is C12H16FNO6S. The SMILES string of the molecule is COCCOc1ccc(F)cc1S(=O)(=O)N[C@@H](C)C(=O)O. The zero-order chi connectivity index (χ0) is 16.0. The number of nitrogens with one attached hydrogen (secondary N) is 1. The molecule has 1 atom stereocenters. The lowest BCUT2D eigenvalue weighted by Crippen LogP contribution is -2.38. The van der Waals surface area contributed by atoms with Gasteiger partial charge in [0.2, 0.25) is 10.0 Å². The normalized spacial score (nSPS) is 12.9. The number of carboxylic acid groups (broad SMARTS) is 1. The molecule has 21 heavy (non-hydrogen) atoms. The monoisotopic (exact) mass is 321 g/mol. The summed E-state index contributed by atoms with van der Waals surface area (Å²) in [6, 6.07) is 1.61. The quantitative estimate of drug-likeness (QED) is 0.680. The third-order valence-corrected chi connectivity index (χ3v) is 4.00. The van der Waals surface area contributed by atoms with Crippen LogP contribution in [0.3, 0.4) is 0 Å². The van der Waals surface area contributed by atoms with Crippen LogP contribution in [-0.2, 0) is 19.6 Å². The van der Waals surface area contributed by atoms with E-state index in [4.69, 9.17) is 14.6 Å². The molecule has 9 heteroatoms. The van der Waals surface area contributed by atoms with Crippen LogP contribution in [0.2, 0.25) is 0 Å². The molecule has 0 saturated carbocycles. The molecule has 0 saturated heterocycles. The number of rotatable bonds is 8. The van der Waals surface area contributed by atoms with Crippen molar-refractivity contribution in [3.8, 4) is 5.75 Å². The lowest BCUT2D eigenvalue weighted by molar-refractivity contribution is -0.138. The molecule has 7 nitrogen and oxygen atoms in total. The smallest absolute Gasteiger partial charge is 0.321 e. The Morgan fingerprint density at radius 1 is 1.43 bits per heavy atom. The summed E-state index contributed by atoms with van der Waals surface area (Å²) in [6.07, 6.45) is 0. The number of sulfonamides is 1. The number of methoxy groups -OCH3 is 1. The molecule has 0 fully saturated rings. The van der Waals surface area contributed by atoms with Gasteiger partial charge in [0.1, 0.15) is 29.1 Å². The molecular weight excluding hydrogens is 305 g/mol. The largest absolute Gasteiger partial charge is 0.490 e. The predicted molar refractivity (Wildman–Crippen MR) is 71.2 cm³/mol. The van der Waals surface area contributed by atoms with Gasteiger partial charge in [0, 0.05) is 7.11 Å². The van der Waals surface area contributed by atoms with E-state index in [1.54, 1.807) is 0 Å². The maximum absolute atomic E-state index is 13.3. The molecule has 0 aromatic heterocycles. The minimum absolute atomic E-state index is 0.0686. The third-order valence-electron chi connectivity index (χ3n) is 2.44. The Balaban J connectivity index is 3.08. The molecule has 1 rings (SSSR count). The minimum atomic E-state index is -4.23. The van der Waals surface area contributed by atoms with Gasteiger partial charge in [-0.05, 0) is 25.1 Å². The first-order valence-electron chi connectivity index (χ1n) is 5.94. The summed E-state index contributed by atoms with van der Waals surface area (Å²) in [5.74, 6) is -2.21. The van der Waals surface area contributed by atoms with Gasteiger partial charge in [-0.1, -0.05) is 0 Å². The fourth-order valence-electron chi connectivity index (χ4n) is 1.39. The van der Waals surface area contributed by atoms with Crippen molar-refractivity contribution in [2.45, 2.75) is 17.9 Å². The van der Waals surface area contributed by atoms with E-state index >= 15 is 0 Å². The van der Waals surface area contributed by atoms with E-state index in [1.807, 2.05) is 4.72 Å². The third kappa shape index (κ3) is 4.96. The van der Waals surface area contributed by atoms with Crippen molar-refractivity contribution in [1.29, 1.82) is 0 Å². The molecule has 118 valence electrons. The van der Waals surface area contributed by atoms with Gasteiger partial charge in [-0.2, -0.15) is 4.72 Å². The summed E-state index contributed by atoms with van der Waals surface area (Å²) in [4.78, 5) is 10.3. The molecule has 0 amide bonds. The van der Waals surface area contributed by atoms with E-state index in [9.17, 15) is 17.6 Å². The molecule has 0 aliphatic carbocycles. The van der Waals surface area contributed by atoms with E-state index in [2.05, 4.69) is 0 Å². The van der Waals surface area contributed by atoms with Gasteiger partial charge < -0.3 is 14.6 Å². The van der Waals surface area contributed by atoms with Gasteiger partial charge >= 0.3 is 5.97 Å². The van der Waals surface area contributed by atoms with Crippen LogP contribution in [0, 0.1) is 5.82 Å². The van der Waals surface area contributed by atoms with Gasteiger partial charge in [-0.3, -0.25) is 4.79 Å². The van der Waals surface area contributed by atoms with Gasteiger partial charge in [-0.15, -0.1) is 0 Å². The first kappa shape index (κ1) is 17.3. The van der Waals surface area contributed by atoms with E-state index in [0.29, 0.717) is 0 Å². The van der Waals surface area contributed by atoms with Gasteiger partial charge in [0.15, 0.2) is 0 Å². The van der Waals surface area contributed by atoms with Crippen LogP contribution in [0.5, 0.6) is 5.75 Å². The molecule has 0 aliphatic rings. The van der Waals surface area contributed by atoms with Crippen molar-refractivity contribution in [2.75, 3.05) is 20.3 Å². The highest BCUT2D eigenvalue weighted by Crippen LogP contribution is 2.25. The first-order valence-corrected chi connectivity index (χ1v) is 7.42. The van der Waals surface area contributed by atoms with Crippen molar-refractivity contribution in [2.24, 2.45) is 0 Å². The summed E-state index contributed by atoms with van der Waals surface area (Å²) in [5, 5.41) is 8.74. The lowest BCUT2D eigenvalue weighted by Gasteiger charge is -2.14. The number of halogens is 1. The topological polar surface area (TPSA) is 102 Å². The van der Waals surface area contributed by atoms with Crippen molar-refractivity contribution in [3.63, 3.8) is 0 Å². The van der Waals surface area contributed by atoms with Crippen molar-refractivity contribution >= 4 is 16.0 Å². The highest BCUT2D eigenvalue weighted by molar-refractivity contribution is 7.89.